The van der Waals surface area contributed by atoms with E-state index in [0.29, 0.717) is 11.0 Å². The van der Waals surface area contributed by atoms with Crippen molar-refractivity contribution in [2.75, 3.05) is 26.4 Å². The molecule has 0 bridgehead atoms. The van der Waals surface area contributed by atoms with Crippen molar-refractivity contribution in [1.82, 2.24) is 9.38 Å². The molecular formula is C35H29N9O11S2. The van der Waals surface area contributed by atoms with Crippen LogP contribution in [0.1, 0.15) is 11.1 Å². The maximum Gasteiger partial charge on any atom is 0.296 e. The van der Waals surface area contributed by atoms with Gasteiger partial charge in [-0.25, -0.2) is 4.98 Å². The Hall–Kier alpha value is -6.74. The monoisotopic (exact) mass is 815 g/mol. The Morgan fingerprint density at radius 3 is 1.91 bits per heavy atom. The number of benzene rings is 4. The van der Waals surface area contributed by atoms with Crippen LogP contribution in [0.4, 0.5) is 34.1 Å². The van der Waals surface area contributed by atoms with E-state index in [2.05, 4.69) is 41.7 Å². The predicted molar refractivity (Wildman–Crippen MR) is 200 cm³/mol. The number of hydrogen-bond donors (Lipinski definition) is 5. The van der Waals surface area contributed by atoms with Crippen LogP contribution in [0.5, 0.6) is 17.4 Å². The molecule has 5 N–H and O–H groups in total. The maximum atomic E-state index is 12.4. The lowest BCUT2D eigenvalue weighted by Gasteiger charge is -2.13. The van der Waals surface area contributed by atoms with Crippen LogP contribution < -0.4 is 9.47 Å². The summed E-state index contributed by atoms with van der Waals surface area (Å²) in [5, 5.41) is 64.8. The number of ether oxygens (including phenoxy) is 2. The Labute approximate surface area is 322 Å². The molecule has 0 unspecified atom stereocenters. The van der Waals surface area contributed by atoms with Crippen molar-refractivity contribution in [3.05, 3.63) is 90.0 Å². The number of aromatic hydroxyl groups is 1. The third kappa shape index (κ3) is 8.73. The first-order valence-electron chi connectivity index (χ1n) is 16.4. The largest absolute Gasteiger partial charge is 0.493 e. The second kappa shape index (κ2) is 16.5. The number of rotatable bonds is 14. The van der Waals surface area contributed by atoms with Crippen molar-refractivity contribution in [1.29, 1.82) is 5.26 Å². The minimum absolute atomic E-state index is 0.0100. The Morgan fingerprint density at radius 1 is 0.737 bits per heavy atom. The summed E-state index contributed by atoms with van der Waals surface area (Å²) in [7, 11) is -9.36. The number of aromatic nitrogens is 2. The number of imidazole rings is 1. The lowest BCUT2D eigenvalue weighted by atomic mass is 10.1. The van der Waals surface area contributed by atoms with Gasteiger partial charge in [0.1, 0.15) is 58.3 Å². The minimum Gasteiger partial charge on any atom is -0.493 e. The Balaban J connectivity index is 1.39. The molecule has 0 radical (unpaired) electrons. The highest BCUT2D eigenvalue weighted by molar-refractivity contribution is 7.86. The van der Waals surface area contributed by atoms with Crippen molar-refractivity contribution < 1.29 is 50.7 Å². The molecule has 0 aliphatic rings. The van der Waals surface area contributed by atoms with Gasteiger partial charge in [0.05, 0.1) is 40.5 Å². The summed E-state index contributed by atoms with van der Waals surface area (Å²) in [6, 6.07) is 19.7. The van der Waals surface area contributed by atoms with Gasteiger partial charge in [0.15, 0.2) is 11.3 Å². The van der Waals surface area contributed by atoms with Gasteiger partial charge >= 0.3 is 0 Å². The Bertz CT molecular complexity index is 2870. The van der Waals surface area contributed by atoms with Gasteiger partial charge in [0.2, 0.25) is 5.88 Å². The summed E-state index contributed by atoms with van der Waals surface area (Å²) < 4.78 is 79.2. The standard InChI is InChI=1S/C35H29N9O11S2/c1-20-24(19-36)34-37-25-4-2-3-5-29(25)44(34)35(47)33(20)43-42-28-18-30(54-14-12-45)27(17-31(28)55-15-13-46)41-40-26-11-8-22(16-32(26)57(51,52)53)39-38-21-6-9-23(10-7-21)56(48,49)50/h2-11,16-18,45-47H,12-15H2,1H3,(H,48,49,50)(H,51,52,53). The molecule has 0 saturated heterocycles. The van der Waals surface area contributed by atoms with Gasteiger partial charge in [-0.05, 0) is 61.5 Å². The number of hydrogen-bond acceptors (Lipinski definition) is 17. The zero-order chi connectivity index (χ0) is 40.9. The van der Waals surface area contributed by atoms with Crippen molar-refractivity contribution in [2.24, 2.45) is 30.7 Å². The number of fused-ring (bicyclic) bond motifs is 3. The number of nitrogens with zero attached hydrogens (tertiary/aromatic N) is 9. The molecule has 4 aromatic carbocycles. The van der Waals surface area contributed by atoms with E-state index in [0.717, 1.165) is 18.2 Å². The topological polar surface area (TPSA) is 303 Å². The van der Waals surface area contributed by atoms with E-state index in [1.54, 1.807) is 31.2 Å². The molecule has 2 aromatic heterocycles. The van der Waals surface area contributed by atoms with Gasteiger partial charge < -0.3 is 24.8 Å². The third-order valence-electron chi connectivity index (χ3n) is 7.95. The van der Waals surface area contributed by atoms with E-state index in [1.165, 1.54) is 40.8 Å². The molecule has 0 saturated carbocycles. The van der Waals surface area contributed by atoms with Crippen LogP contribution in [-0.2, 0) is 20.2 Å². The molecular weight excluding hydrogens is 787 g/mol. The Kier molecular flexibility index (Phi) is 11.6. The van der Waals surface area contributed by atoms with Gasteiger partial charge in [-0.1, -0.05) is 12.1 Å². The molecule has 2 heterocycles. The van der Waals surface area contributed by atoms with Crippen LogP contribution in [0, 0.1) is 18.3 Å². The first-order valence-corrected chi connectivity index (χ1v) is 19.2. The number of azo groups is 3. The maximum absolute atomic E-state index is 12.4. The highest BCUT2D eigenvalue weighted by atomic mass is 32.2. The van der Waals surface area contributed by atoms with Gasteiger partial charge in [-0.2, -0.15) is 32.3 Å². The lowest BCUT2D eigenvalue weighted by Crippen LogP contribution is -2.04. The molecule has 6 aromatic rings. The van der Waals surface area contributed by atoms with Gasteiger partial charge in [0.25, 0.3) is 20.2 Å². The molecule has 20 nitrogen and oxygen atoms in total. The zero-order valence-corrected chi connectivity index (χ0v) is 31.0. The van der Waals surface area contributed by atoms with Crippen molar-refractivity contribution in [2.45, 2.75) is 16.7 Å². The summed E-state index contributed by atoms with van der Waals surface area (Å²) in [5.74, 6) is -0.428. The molecule has 0 aliphatic carbocycles. The van der Waals surface area contributed by atoms with Gasteiger partial charge in [0, 0.05) is 17.7 Å². The molecule has 57 heavy (non-hydrogen) atoms. The minimum atomic E-state index is -4.92. The summed E-state index contributed by atoms with van der Waals surface area (Å²) in [6.45, 7) is 0.272. The molecule has 6 rings (SSSR count). The third-order valence-corrected chi connectivity index (χ3v) is 9.70. The molecule has 22 heteroatoms. The number of para-hydroxylation sites is 2. The summed E-state index contributed by atoms with van der Waals surface area (Å²) >= 11 is 0. The molecule has 0 fully saturated rings. The number of aliphatic hydroxyl groups is 2. The molecule has 292 valence electrons. The Morgan fingerprint density at radius 2 is 1.32 bits per heavy atom. The quantitative estimate of drug-likeness (QED) is 0.0555. The number of aliphatic hydroxyl groups excluding tert-OH is 2. The molecule has 0 amide bonds. The van der Waals surface area contributed by atoms with Crippen LogP contribution in [0.3, 0.4) is 0 Å². The fraction of sp³-hybridized carbons (Fsp3) is 0.143. The van der Waals surface area contributed by atoms with Crippen molar-refractivity contribution in [3.8, 4) is 23.4 Å². The molecule has 0 spiro atoms. The summed E-state index contributed by atoms with van der Waals surface area (Å²) in [4.78, 5) is 3.41. The van der Waals surface area contributed by atoms with E-state index >= 15 is 0 Å². The fourth-order valence-electron chi connectivity index (χ4n) is 5.32. The smallest absolute Gasteiger partial charge is 0.296 e. The van der Waals surface area contributed by atoms with Crippen LogP contribution in [-0.4, -0.2) is 77.1 Å². The fourth-order valence-corrected chi connectivity index (χ4v) is 6.45. The van der Waals surface area contributed by atoms with E-state index in [1.807, 2.05) is 0 Å². The highest BCUT2D eigenvalue weighted by Gasteiger charge is 2.22. The van der Waals surface area contributed by atoms with Crippen LogP contribution in [0.15, 0.2) is 119 Å². The average Bonchev–Trinajstić information content (AvgIpc) is 3.57. The first kappa shape index (κ1) is 39.9. The zero-order valence-electron chi connectivity index (χ0n) is 29.4. The average molecular weight is 816 g/mol. The highest BCUT2D eigenvalue weighted by Crippen LogP contribution is 2.44. The van der Waals surface area contributed by atoms with E-state index in [9.17, 15) is 42.0 Å². The van der Waals surface area contributed by atoms with Gasteiger partial charge in [-0.15, -0.1) is 20.5 Å². The predicted octanol–water partition coefficient (Wildman–Crippen LogP) is 6.86. The first-order chi connectivity index (χ1) is 27.2. The van der Waals surface area contributed by atoms with Crippen LogP contribution in [0.2, 0.25) is 0 Å². The molecule has 0 atom stereocenters. The van der Waals surface area contributed by atoms with Crippen LogP contribution >= 0.6 is 0 Å². The van der Waals surface area contributed by atoms with Crippen molar-refractivity contribution >= 4 is 71.0 Å². The normalized spacial score (nSPS) is 12.4. The van der Waals surface area contributed by atoms with Gasteiger partial charge in [-0.3, -0.25) is 13.5 Å². The number of nitriles is 1. The van der Waals surface area contributed by atoms with E-state index < -0.39 is 38.3 Å². The van der Waals surface area contributed by atoms with E-state index in [4.69, 9.17) is 14.0 Å². The van der Waals surface area contributed by atoms with E-state index in [-0.39, 0.29) is 86.4 Å². The summed E-state index contributed by atoms with van der Waals surface area (Å²) in [5.41, 5.74) is 1.30. The van der Waals surface area contributed by atoms with Crippen LogP contribution in [0.25, 0.3) is 16.7 Å². The summed E-state index contributed by atoms with van der Waals surface area (Å²) in [6.07, 6.45) is 0. The molecule has 0 aliphatic heterocycles. The SMILES string of the molecule is Cc1c(N=Nc2cc(OCCO)c(N=Nc3ccc(N=Nc4ccc(S(=O)(=O)O)cc4)cc3S(=O)(=O)O)cc2OCCO)c(O)n2c(nc3ccccc32)c1C#N. The second-order valence-electron chi connectivity index (χ2n) is 11.7. The number of pyridine rings is 1. The van der Waals surface area contributed by atoms with Crippen molar-refractivity contribution in [3.63, 3.8) is 0 Å². The lowest BCUT2D eigenvalue weighted by molar-refractivity contribution is 0.198. The second-order valence-corrected chi connectivity index (χ2v) is 14.5.